The van der Waals surface area contributed by atoms with Crippen LogP contribution < -0.4 is 15.4 Å². The van der Waals surface area contributed by atoms with Crippen molar-refractivity contribution in [2.24, 2.45) is 0 Å². The molecule has 0 saturated carbocycles. The van der Waals surface area contributed by atoms with Crippen LogP contribution in [0.25, 0.3) is 10.2 Å². The fourth-order valence-electron chi connectivity index (χ4n) is 2.92. The number of H-pyrrole nitrogens is 1. The van der Waals surface area contributed by atoms with E-state index >= 15 is 0 Å². The number of anilines is 2. The van der Waals surface area contributed by atoms with Gasteiger partial charge in [-0.1, -0.05) is 23.7 Å². The minimum Gasteiger partial charge on any atom is -0.497 e. The van der Waals surface area contributed by atoms with E-state index in [1.807, 2.05) is 6.07 Å². The molecule has 0 saturated heterocycles. The molecule has 2 aromatic heterocycles. The van der Waals surface area contributed by atoms with E-state index in [0.717, 1.165) is 10.3 Å². The summed E-state index contributed by atoms with van der Waals surface area (Å²) in [7, 11) is 1.55. The molecular formula is C21H17ClN4O3S. The van der Waals surface area contributed by atoms with Crippen LogP contribution in [0.2, 0.25) is 5.02 Å². The van der Waals surface area contributed by atoms with Gasteiger partial charge in [0.2, 0.25) is 5.91 Å². The fourth-order valence-corrected chi connectivity index (χ4v) is 4.10. The van der Waals surface area contributed by atoms with E-state index in [2.05, 4.69) is 20.8 Å². The number of nitrogens with one attached hydrogen (secondary N) is 3. The largest absolute Gasteiger partial charge is 0.497 e. The van der Waals surface area contributed by atoms with Gasteiger partial charge in [-0.2, -0.15) is 5.10 Å². The van der Waals surface area contributed by atoms with Crippen LogP contribution in [0.5, 0.6) is 5.75 Å². The Bertz CT molecular complexity index is 1230. The second-order valence-corrected chi connectivity index (χ2v) is 8.00. The smallest absolute Gasteiger partial charge is 0.256 e. The summed E-state index contributed by atoms with van der Waals surface area (Å²) in [6.07, 6.45) is 0.191. The zero-order valence-corrected chi connectivity index (χ0v) is 17.4. The molecule has 0 unspecified atom stereocenters. The highest BCUT2D eigenvalue weighted by Crippen LogP contribution is 2.30. The molecule has 0 fully saturated rings. The Morgan fingerprint density at radius 2 is 1.97 bits per heavy atom. The summed E-state index contributed by atoms with van der Waals surface area (Å²) in [5, 5.41) is 14.0. The normalized spacial score (nSPS) is 10.7. The number of carbonyl (C=O) groups excluding carboxylic acids is 2. The summed E-state index contributed by atoms with van der Waals surface area (Å²) < 4.78 is 5.16. The SMILES string of the molecule is COc1cccc(C(=O)Nc2[nH]nc3sc(CC(=O)Nc4cccc(Cl)c4)cc23)c1. The number of methoxy groups -OCH3 is 1. The number of benzene rings is 2. The van der Waals surface area contributed by atoms with Gasteiger partial charge in [0.15, 0.2) is 0 Å². The number of carbonyl (C=O) groups is 2. The van der Waals surface area contributed by atoms with Crippen molar-refractivity contribution < 1.29 is 14.3 Å². The molecule has 0 aliphatic heterocycles. The van der Waals surface area contributed by atoms with Gasteiger partial charge >= 0.3 is 0 Å². The van der Waals surface area contributed by atoms with Crippen LogP contribution in [-0.2, 0) is 11.2 Å². The molecule has 0 aliphatic rings. The lowest BCUT2D eigenvalue weighted by atomic mass is 10.2. The third-order valence-corrected chi connectivity index (χ3v) is 5.58. The average molecular weight is 441 g/mol. The first kappa shape index (κ1) is 19.9. The monoisotopic (exact) mass is 440 g/mol. The van der Waals surface area contributed by atoms with Crippen molar-refractivity contribution in [3.05, 3.63) is 70.1 Å². The van der Waals surface area contributed by atoms with Crippen molar-refractivity contribution in [1.82, 2.24) is 10.2 Å². The molecule has 30 heavy (non-hydrogen) atoms. The predicted octanol–water partition coefficient (Wildman–Crippen LogP) is 4.72. The summed E-state index contributed by atoms with van der Waals surface area (Å²) in [6, 6.07) is 15.7. The van der Waals surface area contributed by atoms with Gasteiger partial charge in [-0.05, 0) is 42.5 Å². The Balaban J connectivity index is 1.46. The van der Waals surface area contributed by atoms with Crippen LogP contribution >= 0.6 is 22.9 Å². The summed E-state index contributed by atoms with van der Waals surface area (Å²) in [4.78, 5) is 26.4. The molecule has 2 heterocycles. The molecule has 0 spiro atoms. The number of halogens is 1. The number of hydrogen-bond donors (Lipinski definition) is 3. The van der Waals surface area contributed by atoms with Gasteiger partial charge in [0.05, 0.1) is 18.9 Å². The molecule has 0 atom stereocenters. The van der Waals surface area contributed by atoms with Crippen LogP contribution in [0.15, 0.2) is 54.6 Å². The number of aromatic nitrogens is 2. The second-order valence-electron chi connectivity index (χ2n) is 6.45. The average Bonchev–Trinajstić information content (AvgIpc) is 3.29. The maximum absolute atomic E-state index is 12.6. The summed E-state index contributed by atoms with van der Waals surface area (Å²) in [5.74, 6) is 0.634. The summed E-state index contributed by atoms with van der Waals surface area (Å²) >= 11 is 7.33. The Kier molecular flexibility index (Phi) is 5.69. The fraction of sp³-hybridized carbons (Fsp3) is 0.0952. The second kappa shape index (κ2) is 8.56. The number of amides is 2. The molecule has 2 amide bonds. The lowest BCUT2D eigenvalue weighted by Gasteiger charge is -2.05. The Labute approximate surface area is 181 Å². The lowest BCUT2D eigenvalue weighted by Crippen LogP contribution is -2.13. The Hall–Kier alpha value is -3.36. The van der Waals surface area contributed by atoms with Gasteiger partial charge in [-0.15, -0.1) is 11.3 Å². The molecule has 0 bridgehead atoms. The molecule has 0 aliphatic carbocycles. The van der Waals surface area contributed by atoms with Crippen LogP contribution in [-0.4, -0.2) is 29.1 Å². The number of fused-ring (bicyclic) bond motifs is 1. The Morgan fingerprint density at radius 3 is 2.77 bits per heavy atom. The van der Waals surface area contributed by atoms with Gasteiger partial charge in [0, 0.05) is 21.2 Å². The van der Waals surface area contributed by atoms with E-state index in [-0.39, 0.29) is 18.2 Å². The molecule has 3 N–H and O–H groups in total. The standard InChI is InChI=1S/C21H17ClN4O3S/c1-29-15-7-2-4-12(8-15)20(28)24-19-17-10-16(30-21(17)26-25-19)11-18(27)23-14-6-3-5-13(22)9-14/h2-10H,11H2,1H3,(H,23,27)(H2,24,25,26,28). The number of nitrogens with zero attached hydrogens (tertiary/aromatic N) is 1. The van der Waals surface area contributed by atoms with Crippen molar-refractivity contribution in [1.29, 1.82) is 0 Å². The number of aromatic amines is 1. The van der Waals surface area contributed by atoms with E-state index in [1.165, 1.54) is 11.3 Å². The van der Waals surface area contributed by atoms with Gasteiger partial charge in [-0.3, -0.25) is 14.7 Å². The minimum absolute atomic E-state index is 0.160. The first-order valence-corrected chi connectivity index (χ1v) is 10.2. The van der Waals surface area contributed by atoms with E-state index in [0.29, 0.717) is 32.7 Å². The third kappa shape index (κ3) is 4.45. The van der Waals surface area contributed by atoms with Gasteiger partial charge < -0.3 is 15.4 Å². The highest BCUT2D eigenvalue weighted by atomic mass is 35.5. The minimum atomic E-state index is -0.286. The molecule has 9 heteroatoms. The third-order valence-electron chi connectivity index (χ3n) is 4.32. The van der Waals surface area contributed by atoms with Crippen molar-refractivity contribution in [3.8, 4) is 5.75 Å². The topological polar surface area (TPSA) is 96.1 Å². The molecule has 7 nitrogen and oxygen atoms in total. The number of rotatable bonds is 6. The van der Waals surface area contributed by atoms with Crippen LogP contribution in [0, 0.1) is 0 Å². The van der Waals surface area contributed by atoms with E-state index in [1.54, 1.807) is 55.6 Å². The van der Waals surface area contributed by atoms with Crippen molar-refractivity contribution in [2.75, 3.05) is 17.7 Å². The van der Waals surface area contributed by atoms with E-state index in [9.17, 15) is 9.59 Å². The highest BCUT2D eigenvalue weighted by Gasteiger charge is 2.15. The van der Waals surface area contributed by atoms with Crippen LogP contribution in [0.4, 0.5) is 11.5 Å². The van der Waals surface area contributed by atoms with Gasteiger partial charge in [-0.25, -0.2) is 0 Å². The van der Waals surface area contributed by atoms with Gasteiger partial charge in [0.25, 0.3) is 5.91 Å². The molecule has 152 valence electrons. The van der Waals surface area contributed by atoms with Crippen LogP contribution in [0.3, 0.4) is 0 Å². The van der Waals surface area contributed by atoms with Crippen molar-refractivity contribution in [3.63, 3.8) is 0 Å². The Morgan fingerprint density at radius 1 is 1.13 bits per heavy atom. The van der Waals surface area contributed by atoms with E-state index in [4.69, 9.17) is 16.3 Å². The van der Waals surface area contributed by atoms with Gasteiger partial charge in [0.1, 0.15) is 16.4 Å². The first-order valence-electron chi connectivity index (χ1n) is 8.99. The number of thiophene rings is 1. The maximum Gasteiger partial charge on any atom is 0.256 e. The maximum atomic E-state index is 12.6. The zero-order chi connectivity index (χ0) is 21.1. The van der Waals surface area contributed by atoms with Crippen molar-refractivity contribution in [2.45, 2.75) is 6.42 Å². The first-order chi connectivity index (χ1) is 14.5. The molecule has 4 rings (SSSR count). The molecule has 0 radical (unpaired) electrons. The number of ether oxygens (including phenoxy) is 1. The zero-order valence-electron chi connectivity index (χ0n) is 15.9. The molecule has 2 aromatic carbocycles. The lowest BCUT2D eigenvalue weighted by molar-refractivity contribution is -0.115. The molecule has 4 aromatic rings. The highest BCUT2D eigenvalue weighted by molar-refractivity contribution is 7.18. The predicted molar refractivity (Wildman–Crippen MR) is 119 cm³/mol. The quantitative estimate of drug-likeness (QED) is 0.404. The number of hydrogen-bond acceptors (Lipinski definition) is 5. The van der Waals surface area contributed by atoms with Crippen molar-refractivity contribution >= 4 is 56.5 Å². The summed E-state index contributed by atoms with van der Waals surface area (Å²) in [6.45, 7) is 0. The van der Waals surface area contributed by atoms with Crippen LogP contribution in [0.1, 0.15) is 15.2 Å². The molecular weight excluding hydrogens is 424 g/mol. The summed E-state index contributed by atoms with van der Waals surface area (Å²) in [5.41, 5.74) is 1.11. The van der Waals surface area contributed by atoms with E-state index < -0.39 is 0 Å².